The van der Waals surface area contributed by atoms with Gasteiger partial charge in [0.15, 0.2) is 5.16 Å². The maximum Gasteiger partial charge on any atom is 0.191 e. The largest absolute Gasteiger partial charge is 0.378 e. The molecule has 0 amide bonds. The fraction of sp³-hybridized carbons (Fsp3) is 0.692. The van der Waals surface area contributed by atoms with Crippen LogP contribution in [-0.4, -0.2) is 55.2 Å². The molecule has 1 aromatic heterocycles. The van der Waals surface area contributed by atoms with Crippen molar-refractivity contribution in [3.63, 3.8) is 0 Å². The highest BCUT2D eigenvalue weighted by atomic mass is 32.2. The van der Waals surface area contributed by atoms with E-state index in [2.05, 4.69) is 20.6 Å². The summed E-state index contributed by atoms with van der Waals surface area (Å²) in [6.07, 6.45) is 2.87. The molecule has 0 aliphatic carbocycles. The molecular formula is C13H22N4O2S. The van der Waals surface area contributed by atoms with Crippen LogP contribution >= 0.6 is 11.8 Å². The molecule has 1 saturated heterocycles. The fourth-order valence-electron chi connectivity index (χ4n) is 2.09. The maximum absolute atomic E-state index is 5.60. The molecule has 0 saturated carbocycles. The molecule has 1 atom stereocenters. The van der Waals surface area contributed by atoms with Crippen LogP contribution in [-0.2, 0) is 9.47 Å². The Morgan fingerprint density at radius 2 is 2.15 bits per heavy atom. The number of thioether (sulfide) groups is 1. The normalized spacial score (nSPS) is 21.9. The van der Waals surface area contributed by atoms with Gasteiger partial charge in [0.2, 0.25) is 0 Å². The Labute approximate surface area is 124 Å². The SMILES string of the molecule is CCNc1cc(NCC2(OC)CCOC2)nc(SC)n1. The summed E-state index contributed by atoms with van der Waals surface area (Å²) in [5, 5.41) is 7.31. The molecular weight excluding hydrogens is 276 g/mol. The summed E-state index contributed by atoms with van der Waals surface area (Å²) in [4.78, 5) is 8.87. The number of aromatic nitrogens is 2. The molecule has 0 radical (unpaired) electrons. The van der Waals surface area contributed by atoms with Crippen LogP contribution in [0, 0.1) is 0 Å². The number of hydrogen-bond acceptors (Lipinski definition) is 7. The zero-order valence-corrected chi connectivity index (χ0v) is 13.0. The van der Waals surface area contributed by atoms with E-state index in [-0.39, 0.29) is 5.60 Å². The lowest BCUT2D eigenvalue weighted by Gasteiger charge is -2.26. The van der Waals surface area contributed by atoms with Gasteiger partial charge in [-0.2, -0.15) is 0 Å². The smallest absolute Gasteiger partial charge is 0.191 e. The first-order valence-electron chi connectivity index (χ1n) is 6.75. The first kappa shape index (κ1) is 15.3. The van der Waals surface area contributed by atoms with E-state index in [1.54, 1.807) is 7.11 Å². The molecule has 7 heteroatoms. The molecule has 1 aliphatic heterocycles. The molecule has 2 rings (SSSR count). The van der Waals surface area contributed by atoms with Crippen molar-refractivity contribution in [3.05, 3.63) is 6.07 Å². The van der Waals surface area contributed by atoms with E-state index < -0.39 is 0 Å². The Hall–Kier alpha value is -1.05. The van der Waals surface area contributed by atoms with Gasteiger partial charge in [0.1, 0.15) is 17.2 Å². The third-order valence-corrected chi connectivity index (χ3v) is 3.89. The molecule has 2 heterocycles. The van der Waals surface area contributed by atoms with Crippen LogP contribution in [0.1, 0.15) is 13.3 Å². The van der Waals surface area contributed by atoms with Crippen LogP contribution in [0.25, 0.3) is 0 Å². The van der Waals surface area contributed by atoms with E-state index in [9.17, 15) is 0 Å². The van der Waals surface area contributed by atoms with Gasteiger partial charge >= 0.3 is 0 Å². The van der Waals surface area contributed by atoms with Gasteiger partial charge in [0.25, 0.3) is 0 Å². The molecule has 6 nitrogen and oxygen atoms in total. The first-order valence-corrected chi connectivity index (χ1v) is 7.97. The Balaban J connectivity index is 2.06. The van der Waals surface area contributed by atoms with Gasteiger partial charge in [-0.25, -0.2) is 9.97 Å². The number of hydrogen-bond donors (Lipinski definition) is 2. The molecule has 2 N–H and O–H groups in total. The second-order valence-corrected chi connectivity index (χ2v) is 5.47. The van der Waals surface area contributed by atoms with Gasteiger partial charge in [-0.3, -0.25) is 0 Å². The van der Waals surface area contributed by atoms with Crippen LogP contribution in [0.5, 0.6) is 0 Å². The van der Waals surface area contributed by atoms with Crippen molar-refractivity contribution in [3.8, 4) is 0 Å². The zero-order valence-electron chi connectivity index (χ0n) is 12.2. The van der Waals surface area contributed by atoms with Crippen molar-refractivity contribution in [2.45, 2.75) is 24.1 Å². The minimum absolute atomic E-state index is 0.247. The first-order chi connectivity index (χ1) is 9.71. The summed E-state index contributed by atoms with van der Waals surface area (Å²) >= 11 is 1.53. The lowest BCUT2D eigenvalue weighted by molar-refractivity contribution is -0.00626. The summed E-state index contributed by atoms with van der Waals surface area (Å²) in [5.41, 5.74) is -0.247. The zero-order chi connectivity index (χ0) is 14.4. The lowest BCUT2D eigenvalue weighted by Crippen LogP contribution is -2.39. The summed E-state index contributed by atoms with van der Waals surface area (Å²) in [6, 6.07) is 1.92. The van der Waals surface area contributed by atoms with Gasteiger partial charge in [-0.15, -0.1) is 0 Å². The van der Waals surface area contributed by atoms with Crippen molar-refractivity contribution in [2.75, 3.05) is 50.3 Å². The van der Waals surface area contributed by atoms with E-state index in [0.29, 0.717) is 13.2 Å². The van der Waals surface area contributed by atoms with E-state index in [0.717, 1.165) is 36.4 Å². The highest BCUT2D eigenvalue weighted by Gasteiger charge is 2.34. The van der Waals surface area contributed by atoms with Crippen molar-refractivity contribution < 1.29 is 9.47 Å². The average Bonchev–Trinajstić information content (AvgIpc) is 2.95. The van der Waals surface area contributed by atoms with Gasteiger partial charge in [0, 0.05) is 39.3 Å². The Kier molecular flexibility index (Phi) is 5.45. The quantitative estimate of drug-likeness (QED) is 0.588. The number of rotatable bonds is 7. The Bertz CT molecular complexity index is 438. The summed E-state index contributed by atoms with van der Waals surface area (Å²) in [7, 11) is 1.73. The van der Waals surface area contributed by atoms with Gasteiger partial charge in [0.05, 0.1) is 6.61 Å². The fourth-order valence-corrected chi connectivity index (χ4v) is 2.47. The van der Waals surface area contributed by atoms with E-state index in [1.807, 2.05) is 19.2 Å². The van der Waals surface area contributed by atoms with Crippen LogP contribution < -0.4 is 10.6 Å². The van der Waals surface area contributed by atoms with E-state index >= 15 is 0 Å². The lowest BCUT2D eigenvalue weighted by atomic mass is 10.0. The minimum Gasteiger partial charge on any atom is -0.378 e. The van der Waals surface area contributed by atoms with Crippen LogP contribution in [0.3, 0.4) is 0 Å². The summed E-state index contributed by atoms with van der Waals surface area (Å²) < 4.78 is 11.0. The average molecular weight is 298 g/mol. The topological polar surface area (TPSA) is 68.3 Å². The predicted molar refractivity (Wildman–Crippen MR) is 81.6 cm³/mol. The monoisotopic (exact) mass is 298 g/mol. The number of nitrogens with one attached hydrogen (secondary N) is 2. The maximum atomic E-state index is 5.60. The van der Waals surface area contributed by atoms with Crippen molar-refractivity contribution >= 4 is 23.4 Å². The van der Waals surface area contributed by atoms with Gasteiger partial charge < -0.3 is 20.1 Å². The highest BCUT2D eigenvalue weighted by Crippen LogP contribution is 2.24. The van der Waals surface area contributed by atoms with Crippen molar-refractivity contribution in [1.82, 2.24) is 9.97 Å². The second-order valence-electron chi connectivity index (χ2n) is 4.70. The molecule has 112 valence electrons. The molecule has 1 fully saturated rings. The highest BCUT2D eigenvalue weighted by molar-refractivity contribution is 7.98. The number of ether oxygens (including phenoxy) is 2. The second kappa shape index (κ2) is 7.10. The predicted octanol–water partition coefficient (Wildman–Crippen LogP) is 1.85. The van der Waals surface area contributed by atoms with E-state index in [4.69, 9.17) is 9.47 Å². The molecule has 0 bridgehead atoms. The van der Waals surface area contributed by atoms with Crippen molar-refractivity contribution in [2.24, 2.45) is 0 Å². The van der Waals surface area contributed by atoms with Crippen LogP contribution in [0.2, 0.25) is 0 Å². The Morgan fingerprint density at radius 1 is 1.40 bits per heavy atom. The van der Waals surface area contributed by atoms with E-state index in [1.165, 1.54) is 11.8 Å². The molecule has 1 aliphatic rings. The Morgan fingerprint density at radius 3 is 2.70 bits per heavy atom. The standard InChI is InChI=1S/C13H22N4O2S/c1-4-14-10-7-11(17-12(16-10)20-3)15-8-13(18-2)5-6-19-9-13/h7H,4-6,8-9H2,1-3H3,(H2,14,15,16,17). The molecule has 1 unspecified atom stereocenters. The number of anilines is 2. The number of nitrogens with zero attached hydrogens (tertiary/aromatic N) is 2. The van der Waals surface area contributed by atoms with Crippen LogP contribution in [0.4, 0.5) is 11.6 Å². The minimum atomic E-state index is -0.247. The molecule has 0 spiro atoms. The van der Waals surface area contributed by atoms with Crippen molar-refractivity contribution in [1.29, 1.82) is 0 Å². The number of methoxy groups -OCH3 is 1. The van der Waals surface area contributed by atoms with Gasteiger partial charge in [-0.1, -0.05) is 11.8 Å². The third kappa shape index (κ3) is 3.74. The van der Waals surface area contributed by atoms with Gasteiger partial charge in [-0.05, 0) is 13.2 Å². The molecule has 0 aromatic carbocycles. The van der Waals surface area contributed by atoms with Crippen LogP contribution in [0.15, 0.2) is 11.2 Å². The summed E-state index contributed by atoms with van der Waals surface area (Å²) in [5.74, 6) is 1.65. The summed E-state index contributed by atoms with van der Waals surface area (Å²) in [6.45, 7) is 4.93. The molecule has 1 aromatic rings. The molecule has 20 heavy (non-hydrogen) atoms. The third-order valence-electron chi connectivity index (χ3n) is 3.34.